The molecule has 3 rings (SSSR count). The van der Waals surface area contributed by atoms with Gasteiger partial charge in [-0.3, -0.25) is 4.79 Å². The Hall–Kier alpha value is -2.65. The zero-order chi connectivity index (χ0) is 14.8. The summed E-state index contributed by atoms with van der Waals surface area (Å²) in [6, 6.07) is 8.24. The number of H-pyrrole nitrogens is 1. The van der Waals surface area contributed by atoms with E-state index in [2.05, 4.69) is 9.97 Å². The van der Waals surface area contributed by atoms with Crippen LogP contribution in [-0.2, 0) is 0 Å². The van der Waals surface area contributed by atoms with Crippen LogP contribution in [0.4, 0.5) is 4.39 Å². The van der Waals surface area contributed by atoms with Gasteiger partial charge in [0.25, 0.3) is 0 Å². The number of benzene rings is 1. The van der Waals surface area contributed by atoms with Crippen LogP contribution < -0.4 is 0 Å². The largest absolute Gasteiger partial charge is 0.361 e. The number of carbonyl (C=O) groups is 1. The summed E-state index contributed by atoms with van der Waals surface area (Å²) in [4.78, 5) is 19.0. The molecule has 0 bridgehead atoms. The summed E-state index contributed by atoms with van der Waals surface area (Å²) in [7, 11) is 0. The van der Waals surface area contributed by atoms with E-state index < -0.39 is 5.82 Å². The first-order valence-electron chi connectivity index (χ1n) is 6.01. The summed E-state index contributed by atoms with van der Waals surface area (Å²) in [5.74, 6) is -0.479. The van der Waals surface area contributed by atoms with Gasteiger partial charge < -0.3 is 4.98 Å². The summed E-state index contributed by atoms with van der Waals surface area (Å²) in [6.07, 6.45) is 3.79. The number of aromatic nitrogens is 2. The Labute approximate surface area is 123 Å². The molecule has 0 aliphatic heterocycles. The fourth-order valence-corrected chi connectivity index (χ4v) is 3.01. The van der Waals surface area contributed by atoms with E-state index in [1.54, 1.807) is 24.4 Å². The number of hydrogen-bond acceptors (Lipinski definition) is 4. The van der Waals surface area contributed by atoms with Gasteiger partial charge in [-0.1, -0.05) is 11.8 Å². The second-order valence-corrected chi connectivity index (χ2v) is 5.33. The molecule has 6 heteroatoms. The van der Waals surface area contributed by atoms with Crippen LogP contribution in [0.1, 0.15) is 16.1 Å². The number of nitriles is 1. The van der Waals surface area contributed by atoms with Crippen LogP contribution in [0.2, 0.25) is 0 Å². The quantitative estimate of drug-likeness (QED) is 0.751. The highest BCUT2D eigenvalue weighted by molar-refractivity contribution is 7.99. The standard InChI is InChI=1S/C15H8FN3OS/c16-13-6-14-11(2-4-19-14)12(8-20)15(13)21-10-1-3-18-9(5-10)7-17/h1-6,8,19H. The molecule has 3 aromatic rings. The molecule has 0 saturated carbocycles. The smallest absolute Gasteiger partial charge is 0.151 e. The van der Waals surface area contributed by atoms with Gasteiger partial charge in [0.1, 0.15) is 17.6 Å². The van der Waals surface area contributed by atoms with Crippen molar-refractivity contribution in [1.82, 2.24) is 9.97 Å². The van der Waals surface area contributed by atoms with Crippen molar-refractivity contribution in [2.75, 3.05) is 0 Å². The van der Waals surface area contributed by atoms with Crippen molar-refractivity contribution in [1.29, 1.82) is 5.26 Å². The number of pyridine rings is 1. The molecule has 4 nitrogen and oxygen atoms in total. The van der Waals surface area contributed by atoms with Crippen molar-refractivity contribution in [2.45, 2.75) is 9.79 Å². The molecule has 2 aromatic heterocycles. The normalized spacial score (nSPS) is 10.5. The van der Waals surface area contributed by atoms with Crippen molar-refractivity contribution >= 4 is 29.0 Å². The van der Waals surface area contributed by atoms with Gasteiger partial charge in [0.05, 0.1) is 4.90 Å². The van der Waals surface area contributed by atoms with E-state index in [4.69, 9.17) is 5.26 Å². The van der Waals surface area contributed by atoms with Crippen LogP contribution in [0.25, 0.3) is 10.9 Å². The Morgan fingerprint density at radius 1 is 1.38 bits per heavy atom. The summed E-state index contributed by atoms with van der Waals surface area (Å²) >= 11 is 1.10. The first-order valence-corrected chi connectivity index (χ1v) is 6.83. The molecule has 21 heavy (non-hydrogen) atoms. The molecule has 0 aliphatic rings. The Balaban J connectivity index is 2.13. The molecule has 0 spiro atoms. The lowest BCUT2D eigenvalue weighted by Gasteiger charge is -2.08. The van der Waals surface area contributed by atoms with E-state index in [1.165, 1.54) is 12.3 Å². The van der Waals surface area contributed by atoms with E-state index in [-0.39, 0.29) is 10.6 Å². The third-order valence-corrected chi connectivity index (χ3v) is 4.09. The summed E-state index contributed by atoms with van der Waals surface area (Å²) < 4.78 is 14.2. The third kappa shape index (κ3) is 2.39. The summed E-state index contributed by atoms with van der Waals surface area (Å²) in [5.41, 5.74) is 1.12. The first-order chi connectivity index (χ1) is 10.2. The van der Waals surface area contributed by atoms with Gasteiger partial charge >= 0.3 is 0 Å². The highest BCUT2D eigenvalue weighted by Crippen LogP contribution is 2.35. The molecular formula is C15H8FN3OS. The number of aromatic amines is 1. The second-order valence-electron chi connectivity index (χ2n) is 4.25. The lowest BCUT2D eigenvalue weighted by atomic mass is 10.1. The average molecular weight is 297 g/mol. The monoisotopic (exact) mass is 297 g/mol. The minimum Gasteiger partial charge on any atom is -0.361 e. The number of carbonyl (C=O) groups excluding carboxylic acids is 1. The Bertz CT molecular complexity index is 882. The first kappa shape index (κ1) is 13.3. The van der Waals surface area contributed by atoms with Gasteiger partial charge in [-0.15, -0.1) is 0 Å². The maximum Gasteiger partial charge on any atom is 0.151 e. The van der Waals surface area contributed by atoms with Gasteiger partial charge in [-0.2, -0.15) is 5.26 Å². The Morgan fingerprint density at radius 3 is 3.00 bits per heavy atom. The van der Waals surface area contributed by atoms with Crippen molar-refractivity contribution in [3.8, 4) is 6.07 Å². The van der Waals surface area contributed by atoms with E-state index >= 15 is 0 Å². The highest BCUT2D eigenvalue weighted by Gasteiger charge is 2.15. The summed E-state index contributed by atoms with van der Waals surface area (Å²) in [5, 5.41) is 9.51. The van der Waals surface area contributed by atoms with Crippen molar-refractivity contribution < 1.29 is 9.18 Å². The van der Waals surface area contributed by atoms with Crippen molar-refractivity contribution in [2.24, 2.45) is 0 Å². The van der Waals surface area contributed by atoms with Crippen LogP contribution in [0.15, 0.2) is 46.5 Å². The highest BCUT2D eigenvalue weighted by atomic mass is 32.2. The Kier molecular flexibility index (Phi) is 3.42. The fraction of sp³-hybridized carbons (Fsp3) is 0. The number of nitrogens with zero attached hydrogens (tertiary/aromatic N) is 2. The van der Waals surface area contributed by atoms with Gasteiger partial charge in [0.2, 0.25) is 0 Å². The van der Waals surface area contributed by atoms with Gasteiger partial charge in [0.15, 0.2) is 6.29 Å². The molecule has 0 fully saturated rings. The SMILES string of the molecule is N#Cc1cc(Sc2c(F)cc3[nH]ccc3c2C=O)ccn1. The predicted molar refractivity (Wildman–Crippen MR) is 76.7 cm³/mol. The number of nitrogens with one attached hydrogen (secondary N) is 1. The number of fused-ring (bicyclic) bond motifs is 1. The van der Waals surface area contributed by atoms with Crippen molar-refractivity contribution in [3.05, 3.63) is 53.7 Å². The van der Waals surface area contributed by atoms with Gasteiger partial charge in [0, 0.05) is 33.8 Å². The minimum atomic E-state index is -0.479. The molecule has 1 N–H and O–H groups in total. The molecule has 0 unspecified atom stereocenters. The van der Waals surface area contributed by atoms with Crippen LogP contribution in [0.5, 0.6) is 0 Å². The van der Waals surface area contributed by atoms with Crippen LogP contribution in [0, 0.1) is 17.1 Å². The topological polar surface area (TPSA) is 69.5 Å². The predicted octanol–water partition coefficient (Wildman–Crippen LogP) is 3.54. The zero-order valence-electron chi connectivity index (χ0n) is 10.6. The van der Waals surface area contributed by atoms with Crippen LogP contribution in [-0.4, -0.2) is 16.3 Å². The second kappa shape index (κ2) is 5.38. The van der Waals surface area contributed by atoms with Gasteiger partial charge in [-0.25, -0.2) is 9.37 Å². The molecule has 0 aliphatic carbocycles. The van der Waals surface area contributed by atoms with E-state index in [0.29, 0.717) is 27.6 Å². The maximum absolute atomic E-state index is 14.2. The minimum absolute atomic E-state index is 0.243. The molecule has 1 aromatic carbocycles. The molecule has 0 radical (unpaired) electrons. The maximum atomic E-state index is 14.2. The number of hydrogen-bond donors (Lipinski definition) is 1. The van der Waals surface area contributed by atoms with Crippen molar-refractivity contribution in [3.63, 3.8) is 0 Å². The molecule has 0 amide bonds. The fourth-order valence-electron chi connectivity index (χ4n) is 2.05. The third-order valence-electron chi connectivity index (χ3n) is 2.99. The zero-order valence-corrected chi connectivity index (χ0v) is 11.4. The number of aldehydes is 1. The lowest BCUT2D eigenvalue weighted by molar-refractivity contribution is 0.112. The average Bonchev–Trinajstić information content (AvgIpc) is 2.96. The van der Waals surface area contributed by atoms with E-state index in [0.717, 1.165) is 11.8 Å². The van der Waals surface area contributed by atoms with E-state index in [1.807, 2.05) is 6.07 Å². The number of halogens is 1. The van der Waals surface area contributed by atoms with Crippen LogP contribution >= 0.6 is 11.8 Å². The molecule has 102 valence electrons. The lowest BCUT2D eigenvalue weighted by Crippen LogP contribution is -1.92. The number of rotatable bonds is 3. The summed E-state index contributed by atoms with van der Waals surface area (Å²) in [6.45, 7) is 0. The van der Waals surface area contributed by atoms with E-state index in [9.17, 15) is 9.18 Å². The van der Waals surface area contributed by atoms with Gasteiger partial charge in [-0.05, 0) is 24.3 Å². The molecular weight excluding hydrogens is 289 g/mol. The van der Waals surface area contributed by atoms with Crippen LogP contribution in [0.3, 0.4) is 0 Å². The molecule has 0 saturated heterocycles. The molecule has 2 heterocycles. The Morgan fingerprint density at radius 2 is 2.24 bits per heavy atom. The molecule has 0 atom stereocenters.